The molecular weight excluding hydrogens is 372 g/mol. The van der Waals surface area contributed by atoms with E-state index in [1.165, 1.54) is 0 Å². The fraction of sp³-hybridized carbons (Fsp3) is 0.308. The zero-order chi connectivity index (χ0) is 20.3. The summed E-state index contributed by atoms with van der Waals surface area (Å²) < 4.78 is 0. The minimum absolute atomic E-state index is 0.0432. The standard InChI is InChI=1S/C26H24N2O2/c29-24(18-11-2-1-3-12-18)23-22(17-9-4-5-10-17)21-15-8-16-28(21)26(23)19-13-6-7-14-20(19)27-25(26)30/h1-7,9-14,17,21-23H,8,15-16H2,(H,27,30)/t21?,22-,23-,26+/m1/s1. The van der Waals surface area contributed by atoms with E-state index in [4.69, 9.17) is 0 Å². The summed E-state index contributed by atoms with van der Waals surface area (Å²) in [6.45, 7) is 0.849. The fourth-order valence-electron chi connectivity index (χ4n) is 6.50. The number of carbonyl (C=O) groups is 2. The van der Waals surface area contributed by atoms with Crippen LogP contribution in [0.4, 0.5) is 5.69 Å². The van der Waals surface area contributed by atoms with Gasteiger partial charge in [0, 0.05) is 28.8 Å². The quantitative estimate of drug-likeness (QED) is 0.793. The topological polar surface area (TPSA) is 49.4 Å². The number of fused-ring (bicyclic) bond motifs is 4. The maximum Gasteiger partial charge on any atom is 0.250 e. The fourth-order valence-corrected chi connectivity index (χ4v) is 6.50. The molecule has 1 unspecified atom stereocenters. The molecule has 0 aromatic heterocycles. The molecule has 3 aliphatic heterocycles. The minimum Gasteiger partial charge on any atom is -0.324 e. The average molecular weight is 396 g/mol. The van der Waals surface area contributed by atoms with Gasteiger partial charge >= 0.3 is 0 Å². The molecule has 150 valence electrons. The summed E-state index contributed by atoms with van der Waals surface area (Å²) in [4.78, 5) is 30.2. The highest BCUT2D eigenvalue weighted by Crippen LogP contribution is 2.60. The summed E-state index contributed by atoms with van der Waals surface area (Å²) >= 11 is 0. The van der Waals surface area contributed by atoms with Gasteiger partial charge in [0.1, 0.15) is 5.54 Å². The molecule has 2 fully saturated rings. The number of hydrogen-bond donors (Lipinski definition) is 1. The molecule has 4 atom stereocenters. The van der Waals surface area contributed by atoms with Crippen LogP contribution in [0.2, 0.25) is 0 Å². The summed E-state index contributed by atoms with van der Waals surface area (Å²) in [6, 6.07) is 17.7. The van der Waals surface area contributed by atoms with Crippen molar-refractivity contribution in [2.45, 2.75) is 24.4 Å². The van der Waals surface area contributed by atoms with Crippen molar-refractivity contribution >= 4 is 17.4 Å². The number of anilines is 1. The van der Waals surface area contributed by atoms with Crippen LogP contribution in [0.5, 0.6) is 0 Å². The predicted octanol–water partition coefficient (Wildman–Crippen LogP) is 4.17. The second kappa shape index (κ2) is 6.51. The van der Waals surface area contributed by atoms with Gasteiger partial charge in [0.2, 0.25) is 5.91 Å². The zero-order valence-electron chi connectivity index (χ0n) is 16.7. The number of ketones is 1. The van der Waals surface area contributed by atoms with Crippen molar-refractivity contribution in [2.24, 2.45) is 17.8 Å². The van der Waals surface area contributed by atoms with Gasteiger partial charge in [0.25, 0.3) is 0 Å². The van der Waals surface area contributed by atoms with Gasteiger partial charge in [0.05, 0.1) is 5.92 Å². The third-order valence-electron chi connectivity index (χ3n) is 7.53. The molecule has 0 bridgehead atoms. The van der Waals surface area contributed by atoms with E-state index in [0.29, 0.717) is 5.56 Å². The number of nitrogens with one attached hydrogen (secondary N) is 1. The van der Waals surface area contributed by atoms with Crippen LogP contribution >= 0.6 is 0 Å². The van der Waals surface area contributed by atoms with Gasteiger partial charge in [0.15, 0.2) is 5.78 Å². The first-order chi connectivity index (χ1) is 14.7. The Hall–Kier alpha value is -2.98. The Morgan fingerprint density at radius 2 is 1.73 bits per heavy atom. The number of hydrogen-bond acceptors (Lipinski definition) is 3. The number of carbonyl (C=O) groups excluding carboxylic acids is 2. The number of allylic oxidation sites excluding steroid dienone is 4. The van der Waals surface area contributed by atoms with E-state index in [-0.39, 0.29) is 29.6 Å². The van der Waals surface area contributed by atoms with Crippen molar-refractivity contribution in [1.82, 2.24) is 4.90 Å². The Bertz CT molecular complexity index is 1080. The van der Waals surface area contributed by atoms with Crippen LogP contribution in [-0.4, -0.2) is 29.2 Å². The van der Waals surface area contributed by atoms with Crippen molar-refractivity contribution in [3.05, 3.63) is 90.0 Å². The SMILES string of the molecule is O=C(c1ccccc1)[C@H]1[C@H](C2C=CC=C2)C2CCCN2[C@]12C(=O)Nc1ccccc12. The summed E-state index contributed by atoms with van der Waals surface area (Å²) in [7, 11) is 0. The van der Waals surface area contributed by atoms with Gasteiger partial charge in [-0.3, -0.25) is 14.5 Å². The van der Waals surface area contributed by atoms with Crippen LogP contribution in [0.3, 0.4) is 0 Å². The van der Waals surface area contributed by atoms with E-state index < -0.39 is 11.5 Å². The van der Waals surface area contributed by atoms with Gasteiger partial charge < -0.3 is 5.32 Å². The number of benzene rings is 2. The lowest BCUT2D eigenvalue weighted by molar-refractivity contribution is -0.127. The second-order valence-electron chi connectivity index (χ2n) is 8.80. The van der Waals surface area contributed by atoms with Crippen molar-refractivity contribution in [2.75, 3.05) is 11.9 Å². The van der Waals surface area contributed by atoms with Crippen molar-refractivity contribution in [1.29, 1.82) is 0 Å². The lowest BCUT2D eigenvalue weighted by Gasteiger charge is -2.37. The number of nitrogens with zero attached hydrogens (tertiary/aromatic N) is 1. The number of para-hydroxylation sites is 1. The maximum absolute atomic E-state index is 14.1. The van der Waals surface area contributed by atoms with Gasteiger partial charge in [-0.1, -0.05) is 72.8 Å². The molecule has 4 heteroatoms. The van der Waals surface area contributed by atoms with E-state index in [1.807, 2.05) is 54.6 Å². The van der Waals surface area contributed by atoms with E-state index in [2.05, 4.69) is 34.5 Å². The summed E-state index contributed by atoms with van der Waals surface area (Å²) in [5, 5.41) is 3.12. The first-order valence-corrected chi connectivity index (χ1v) is 10.8. The Balaban J connectivity index is 1.60. The smallest absolute Gasteiger partial charge is 0.250 e. The monoisotopic (exact) mass is 396 g/mol. The summed E-state index contributed by atoms with van der Waals surface area (Å²) in [5.74, 6) is -0.138. The molecule has 3 heterocycles. The van der Waals surface area contributed by atoms with Crippen LogP contribution in [-0.2, 0) is 10.3 Å². The van der Waals surface area contributed by atoms with Crippen LogP contribution in [0.25, 0.3) is 0 Å². The summed E-state index contributed by atoms with van der Waals surface area (Å²) in [6.07, 6.45) is 10.6. The molecule has 2 aromatic rings. The van der Waals surface area contributed by atoms with E-state index in [1.54, 1.807) is 0 Å². The van der Waals surface area contributed by atoms with Crippen LogP contribution in [0.1, 0.15) is 28.8 Å². The largest absolute Gasteiger partial charge is 0.324 e. The Kier molecular flexibility index (Phi) is 3.87. The van der Waals surface area contributed by atoms with Gasteiger partial charge in [-0.05, 0) is 31.4 Å². The summed E-state index contributed by atoms with van der Waals surface area (Å²) in [5.41, 5.74) is 1.57. The molecule has 1 amide bonds. The zero-order valence-corrected chi connectivity index (χ0v) is 16.7. The number of rotatable bonds is 3. The third-order valence-corrected chi connectivity index (χ3v) is 7.53. The highest BCUT2D eigenvalue weighted by atomic mass is 16.2. The highest BCUT2D eigenvalue weighted by molar-refractivity contribution is 6.12. The van der Waals surface area contributed by atoms with Gasteiger partial charge in [-0.15, -0.1) is 0 Å². The predicted molar refractivity (Wildman–Crippen MR) is 116 cm³/mol. The number of amides is 1. The van der Waals surface area contributed by atoms with Crippen LogP contribution in [0, 0.1) is 17.8 Å². The lowest BCUT2D eigenvalue weighted by Crippen LogP contribution is -2.53. The van der Waals surface area contributed by atoms with Crippen molar-refractivity contribution in [3.63, 3.8) is 0 Å². The van der Waals surface area contributed by atoms with Crippen LogP contribution < -0.4 is 5.32 Å². The minimum atomic E-state index is -0.931. The molecule has 2 aromatic carbocycles. The lowest BCUT2D eigenvalue weighted by atomic mass is 9.67. The third kappa shape index (κ3) is 2.20. The van der Waals surface area contributed by atoms with Crippen LogP contribution in [0.15, 0.2) is 78.9 Å². The van der Waals surface area contributed by atoms with E-state index in [9.17, 15) is 9.59 Å². The van der Waals surface area contributed by atoms with E-state index >= 15 is 0 Å². The molecule has 30 heavy (non-hydrogen) atoms. The number of Topliss-reactive ketones (excluding diaryl/α,β-unsaturated/α-hetero) is 1. The molecule has 1 spiro atoms. The maximum atomic E-state index is 14.1. The van der Waals surface area contributed by atoms with Gasteiger partial charge in [-0.2, -0.15) is 0 Å². The first-order valence-electron chi connectivity index (χ1n) is 10.8. The molecule has 1 N–H and O–H groups in total. The Morgan fingerprint density at radius 1 is 1.00 bits per heavy atom. The molecule has 1 aliphatic carbocycles. The van der Waals surface area contributed by atoms with Crippen molar-refractivity contribution in [3.8, 4) is 0 Å². The van der Waals surface area contributed by atoms with Gasteiger partial charge in [-0.25, -0.2) is 0 Å². The molecule has 6 rings (SSSR count). The molecular formula is C26H24N2O2. The van der Waals surface area contributed by atoms with Crippen molar-refractivity contribution < 1.29 is 9.59 Å². The molecule has 0 saturated carbocycles. The molecule has 2 saturated heterocycles. The highest BCUT2D eigenvalue weighted by Gasteiger charge is 2.69. The molecule has 0 radical (unpaired) electrons. The first kappa shape index (κ1) is 17.8. The Morgan fingerprint density at radius 3 is 2.53 bits per heavy atom. The van der Waals surface area contributed by atoms with E-state index in [0.717, 1.165) is 30.6 Å². The molecule has 4 nitrogen and oxygen atoms in total. The molecule has 4 aliphatic rings. The second-order valence-corrected chi connectivity index (χ2v) is 8.80. The average Bonchev–Trinajstić information content (AvgIpc) is 3.54. The normalized spacial score (nSPS) is 32.0. The Labute approximate surface area is 176 Å².